The molecule has 1 saturated heterocycles. The van der Waals surface area contributed by atoms with Gasteiger partial charge in [0.15, 0.2) is 0 Å². The molecule has 166 valence electrons. The van der Waals surface area contributed by atoms with Crippen LogP contribution in [-0.2, 0) is 0 Å². The molecule has 0 radical (unpaired) electrons. The lowest BCUT2D eigenvalue weighted by Gasteiger charge is -2.38. The molecule has 1 fully saturated rings. The second-order valence-electron chi connectivity index (χ2n) is 7.81. The SMILES string of the molecule is CSc1ccc2c(c1)[C@@H](N1CCN(CCCO)CC1)C[C@@H]2c1ccc(F)cc1.Cl.Cl. The van der Waals surface area contributed by atoms with Gasteiger partial charge in [-0.05, 0) is 60.1 Å². The van der Waals surface area contributed by atoms with Crippen molar-refractivity contribution < 1.29 is 9.50 Å². The molecule has 0 amide bonds. The topological polar surface area (TPSA) is 26.7 Å². The molecule has 2 aromatic carbocycles. The summed E-state index contributed by atoms with van der Waals surface area (Å²) in [5.41, 5.74) is 4.06. The molecule has 1 N–H and O–H groups in total. The Balaban J connectivity index is 0.00000160. The van der Waals surface area contributed by atoms with Crippen molar-refractivity contribution in [2.24, 2.45) is 0 Å². The molecule has 1 aliphatic carbocycles. The summed E-state index contributed by atoms with van der Waals surface area (Å²) in [6.07, 6.45) is 4.05. The molecular weight excluding hydrogens is 442 g/mol. The van der Waals surface area contributed by atoms with Gasteiger partial charge in [0.05, 0.1) is 0 Å². The van der Waals surface area contributed by atoms with E-state index in [-0.39, 0.29) is 37.2 Å². The van der Waals surface area contributed by atoms with Crippen LogP contribution in [0.2, 0.25) is 0 Å². The van der Waals surface area contributed by atoms with E-state index in [1.807, 2.05) is 12.1 Å². The first-order valence-corrected chi connectivity index (χ1v) is 11.4. The third-order valence-corrected chi connectivity index (χ3v) is 6.97. The van der Waals surface area contributed by atoms with Crippen LogP contribution in [0.3, 0.4) is 0 Å². The Morgan fingerprint density at radius 1 is 1.00 bits per heavy atom. The van der Waals surface area contributed by atoms with E-state index in [2.05, 4.69) is 34.3 Å². The number of thioether (sulfide) groups is 1. The van der Waals surface area contributed by atoms with Crippen LogP contribution in [0.15, 0.2) is 47.4 Å². The van der Waals surface area contributed by atoms with Crippen LogP contribution in [0, 0.1) is 5.82 Å². The molecule has 0 saturated carbocycles. The summed E-state index contributed by atoms with van der Waals surface area (Å²) in [4.78, 5) is 6.39. The van der Waals surface area contributed by atoms with Gasteiger partial charge in [0.1, 0.15) is 5.82 Å². The zero-order valence-corrected chi connectivity index (χ0v) is 19.7. The number of halogens is 3. The first-order valence-electron chi connectivity index (χ1n) is 10.2. The molecule has 0 aromatic heterocycles. The van der Waals surface area contributed by atoms with Crippen LogP contribution in [0.5, 0.6) is 0 Å². The molecule has 4 rings (SSSR count). The van der Waals surface area contributed by atoms with E-state index < -0.39 is 0 Å². The highest BCUT2D eigenvalue weighted by molar-refractivity contribution is 7.98. The summed E-state index contributed by atoms with van der Waals surface area (Å²) in [6.45, 7) is 5.52. The van der Waals surface area contributed by atoms with Crippen molar-refractivity contribution in [2.75, 3.05) is 45.6 Å². The van der Waals surface area contributed by atoms with Crippen molar-refractivity contribution in [3.8, 4) is 0 Å². The lowest BCUT2D eigenvalue weighted by atomic mass is 9.93. The fraction of sp³-hybridized carbons (Fsp3) is 0.478. The monoisotopic (exact) mass is 472 g/mol. The zero-order chi connectivity index (χ0) is 19.5. The predicted molar refractivity (Wildman–Crippen MR) is 128 cm³/mol. The maximum absolute atomic E-state index is 13.4. The van der Waals surface area contributed by atoms with E-state index in [0.29, 0.717) is 12.0 Å². The number of piperazine rings is 1. The van der Waals surface area contributed by atoms with Gasteiger partial charge in [0, 0.05) is 56.2 Å². The van der Waals surface area contributed by atoms with Gasteiger partial charge in [-0.2, -0.15) is 0 Å². The van der Waals surface area contributed by atoms with Crippen LogP contribution >= 0.6 is 36.6 Å². The smallest absolute Gasteiger partial charge is 0.123 e. The predicted octanol–water partition coefficient (Wildman–Crippen LogP) is 4.97. The van der Waals surface area contributed by atoms with Crippen molar-refractivity contribution in [1.29, 1.82) is 0 Å². The van der Waals surface area contributed by atoms with E-state index in [4.69, 9.17) is 5.11 Å². The number of benzene rings is 2. The number of aliphatic hydroxyl groups excluding tert-OH is 1. The van der Waals surface area contributed by atoms with Gasteiger partial charge in [-0.15, -0.1) is 36.6 Å². The third kappa shape index (κ3) is 5.50. The van der Waals surface area contributed by atoms with E-state index in [9.17, 15) is 4.39 Å². The summed E-state index contributed by atoms with van der Waals surface area (Å²) in [6, 6.07) is 14.4. The van der Waals surface area contributed by atoms with Gasteiger partial charge >= 0.3 is 0 Å². The molecule has 0 unspecified atom stereocenters. The fourth-order valence-electron chi connectivity index (χ4n) is 4.71. The van der Waals surface area contributed by atoms with Gasteiger partial charge in [-0.1, -0.05) is 18.2 Å². The number of nitrogens with zero attached hydrogens (tertiary/aromatic N) is 2. The minimum absolute atomic E-state index is 0. The first-order chi connectivity index (χ1) is 13.7. The standard InChI is InChI=1S/C23H29FN2OS.2ClH/c1-28-19-7-8-20-21(17-3-5-18(24)6-4-17)16-23(22(20)15-19)26-12-10-25(11-13-26)9-2-14-27;;/h3-8,15,21,23,27H,2,9-14,16H2,1H3;2*1H/t21-,23+;;/m1../s1. The first kappa shape index (κ1) is 25.4. The second kappa shape index (κ2) is 11.7. The normalized spacial score (nSPS) is 21.6. The molecule has 2 atom stereocenters. The Morgan fingerprint density at radius 3 is 2.33 bits per heavy atom. The molecule has 3 nitrogen and oxygen atoms in total. The van der Waals surface area contributed by atoms with Crippen molar-refractivity contribution >= 4 is 36.6 Å². The third-order valence-electron chi connectivity index (χ3n) is 6.24. The summed E-state index contributed by atoms with van der Waals surface area (Å²) >= 11 is 1.79. The van der Waals surface area contributed by atoms with Crippen LogP contribution in [0.4, 0.5) is 4.39 Å². The van der Waals surface area contributed by atoms with Crippen molar-refractivity contribution in [1.82, 2.24) is 9.80 Å². The Kier molecular flexibility index (Phi) is 9.92. The highest BCUT2D eigenvalue weighted by Crippen LogP contribution is 2.47. The highest BCUT2D eigenvalue weighted by atomic mass is 35.5. The van der Waals surface area contributed by atoms with Crippen LogP contribution < -0.4 is 0 Å². The summed E-state index contributed by atoms with van der Waals surface area (Å²) in [5, 5.41) is 9.07. The molecule has 0 bridgehead atoms. The Hall–Kier alpha value is -0.820. The molecule has 1 heterocycles. The van der Waals surface area contributed by atoms with Crippen molar-refractivity contribution in [3.05, 3.63) is 65.0 Å². The molecule has 1 aliphatic heterocycles. The van der Waals surface area contributed by atoms with Gasteiger partial charge in [0.25, 0.3) is 0 Å². The quantitative estimate of drug-likeness (QED) is 0.600. The van der Waals surface area contributed by atoms with E-state index in [0.717, 1.165) is 45.6 Å². The minimum atomic E-state index is -0.171. The number of hydrogen-bond donors (Lipinski definition) is 1. The lowest BCUT2D eigenvalue weighted by molar-refractivity contribution is 0.0903. The van der Waals surface area contributed by atoms with Crippen LogP contribution in [0.25, 0.3) is 0 Å². The van der Waals surface area contributed by atoms with Crippen molar-refractivity contribution in [2.45, 2.75) is 29.7 Å². The summed E-state index contributed by atoms with van der Waals surface area (Å²) in [7, 11) is 0. The molecule has 7 heteroatoms. The molecule has 2 aromatic rings. The zero-order valence-electron chi connectivity index (χ0n) is 17.3. The number of rotatable bonds is 6. The molecular formula is C23H31Cl2FN2OS. The number of hydrogen-bond acceptors (Lipinski definition) is 4. The molecule has 30 heavy (non-hydrogen) atoms. The maximum atomic E-state index is 13.4. The highest BCUT2D eigenvalue weighted by Gasteiger charge is 2.36. The number of aliphatic hydroxyl groups is 1. The Bertz CT molecular complexity index is 800. The van der Waals surface area contributed by atoms with Gasteiger partial charge in [-0.25, -0.2) is 4.39 Å². The van der Waals surface area contributed by atoms with Gasteiger partial charge in [-0.3, -0.25) is 4.90 Å². The maximum Gasteiger partial charge on any atom is 0.123 e. The molecule has 2 aliphatic rings. The Labute approximate surface area is 195 Å². The van der Waals surface area contributed by atoms with E-state index in [1.165, 1.54) is 21.6 Å². The average molecular weight is 473 g/mol. The fourth-order valence-corrected chi connectivity index (χ4v) is 5.16. The van der Waals surface area contributed by atoms with Gasteiger partial charge < -0.3 is 10.0 Å². The van der Waals surface area contributed by atoms with Crippen LogP contribution in [-0.4, -0.2) is 60.5 Å². The van der Waals surface area contributed by atoms with E-state index in [1.54, 1.807) is 23.9 Å². The number of fused-ring (bicyclic) bond motifs is 1. The van der Waals surface area contributed by atoms with Crippen molar-refractivity contribution in [3.63, 3.8) is 0 Å². The summed E-state index contributed by atoms with van der Waals surface area (Å²) < 4.78 is 13.4. The van der Waals surface area contributed by atoms with Gasteiger partial charge in [0.2, 0.25) is 0 Å². The molecule has 0 spiro atoms. The van der Waals surface area contributed by atoms with Crippen LogP contribution in [0.1, 0.15) is 41.5 Å². The van der Waals surface area contributed by atoms with E-state index >= 15 is 0 Å². The summed E-state index contributed by atoms with van der Waals surface area (Å²) in [5.74, 6) is 0.166. The largest absolute Gasteiger partial charge is 0.396 e. The second-order valence-corrected chi connectivity index (χ2v) is 8.68. The lowest BCUT2D eigenvalue weighted by Crippen LogP contribution is -2.47. The Morgan fingerprint density at radius 2 is 1.70 bits per heavy atom. The average Bonchev–Trinajstić information content (AvgIpc) is 3.12. The minimum Gasteiger partial charge on any atom is -0.396 e.